The van der Waals surface area contributed by atoms with E-state index in [0.29, 0.717) is 6.61 Å². The number of rotatable bonds is 4. The molecule has 1 fully saturated rings. The second-order valence-electron chi connectivity index (χ2n) is 5.62. The number of carbonyl (C=O) groups is 1. The van der Waals surface area contributed by atoms with E-state index in [4.69, 9.17) is 9.47 Å². The Balaban J connectivity index is 1.69. The van der Waals surface area contributed by atoms with Crippen molar-refractivity contribution < 1.29 is 14.3 Å². The van der Waals surface area contributed by atoms with Crippen molar-refractivity contribution in [2.24, 2.45) is 0 Å². The number of allylic oxidation sites excluding steroid dienone is 1. The fourth-order valence-electron chi connectivity index (χ4n) is 2.89. The van der Waals surface area contributed by atoms with Crippen molar-refractivity contribution in [1.82, 2.24) is 10.3 Å². The molecule has 0 spiro atoms. The van der Waals surface area contributed by atoms with Crippen LogP contribution in [0.1, 0.15) is 11.6 Å². The van der Waals surface area contributed by atoms with Gasteiger partial charge in [-0.3, -0.25) is 9.78 Å². The first-order valence-electron chi connectivity index (χ1n) is 7.30. The summed E-state index contributed by atoms with van der Waals surface area (Å²) >= 11 is 0. The number of amides is 1. The maximum atomic E-state index is 12.4. The first-order chi connectivity index (χ1) is 10.7. The SMILES string of the molecule is C=C1C=CC2=C(C1OCC1CO1)C(c1ccccn1)C(=O)N2. The Kier molecular flexibility index (Phi) is 3.17. The molecule has 22 heavy (non-hydrogen) atoms. The summed E-state index contributed by atoms with van der Waals surface area (Å²) < 4.78 is 11.2. The molecule has 1 aromatic rings. The Bertz CT molecular complexity index is 689. The van der Waals surface area contributed by atoms with E-state index in [-0.39, 0.29) is 18.1 Å². The first kappa shape index (κ1) is 13.4. The first-order valence-corrected chi connectivity index (χ1v) is 7.30. The fourth-order valence-corrected chi connectivity index (χ4v) is 2.89. The standard InChI is InChI=1S/C17H16N2O3/c1-10-5-6-13-14(16(10)22-9-11-8-21-11)15(17(20)19-13)12-4-2-3-7-18-12/h2-7,11,15-16H,1,8-9H2,(H,19,20). The van der Waals surface area contributed by atoms with E-state index in [2.05, 4.69) is 16.9 Å². The summed E-state index contributed by atoms with van der Waals surface area (Å²) in [5, 5.41) is 2.92. The molecule has 0 radical (unpaired) electrons. The Morgan fingerprint density at radius 3 is 3.00 bits per heavy atom. The minimum Gasteiger partial charge on any atom is -0.371 e. The number of pyridine rings is 1. The summed E-state index contributed by atoms with van der Waals surface area (Å²) in [7, 11) is 0. The summed E-state index contributed by atoms with van der Waals surface area (Å²) in [6, 6.07) is 5.58. The molecule has 0 bridgehead atoms. The number of epoxide rings is 1. The summed E-state index contributed by atoms with van der Waals surface area (Å²) in [4.78, 5) is 16.7. The monoisotopic (exact) mass is 296 g/mol. The van der Waals surface area contributed by atoms with E-state index in [9.17, 15) is 4.79 Å². The predicted molar refractivity (Wildman–Crippen MR) is 79.9 cm³/mol. The van der Waals surface area contributed by atoms with Crippen LogP contribution in [0.25, 0.3) is 0 Å². The molecule has 2 aliphatic heterocycles. The van der Waals surface area contributed by atoms with E-state index in [0.717, 1.165) is 29.1 Å². The van der Waals surface area contributed by atoms with Gasteiger partial charge in [-0.1, -0.05) is 18.7 Å². The van der Waals surface area contributed by atoms with E-state index in [1.54, 1.807) is 6.20 Å². The van der Waals surface area contributed by atoms with Crippen LogP contribution < -0.4 is 5.32 Å². The molecular formula is C17H16N2O3. The van der Waals surface area contributed by atoms with Crippen LogP contribution in [0.4, 0.5) is 0 Å². The average Bonchev–Trinajstić information content (AvgIpc) is 3.29. The number of carbonyl (C=O) groups excluding carboxylic acids is 1. The van der Waals surface area contributed by atoms with Crippen LogP contribution in [0.15, 0.2) is 60.0 Å². The van der Waals surface area contributed by atoms with Gasteiger partial charge >= 0.3 is 0 Å². The van der Waals surface area contributed by atoms with Gasteiger partial charge in [-0.25, -0.2) is 0 Å². The highest BCUT2D eigenvalue weighted by Crippen LogP contribution is 2.39. The smallest absolute Gasteiger partial charge is 0.237 e. The van der Waals surface area contributed by atoms with Crippen LogP contribution in [0.2, 0.25) is 0 Å². The molecule has 112 valence electrons. The summed E-state index contributed by atoms with van der Waals surface area (Å²) in [5.74, 6) is -0.498. The lowest BCUT2D eigenvalue weighted by Gasteiger charge is -2.25. The molecule has 5 nitrogen and oxygen atoms in total. The highest BCUT2D eigenvalue weighted by Gasteiger charge is 2.41. The van der Waals surface area contributed by atoms with Gasteiger partial charge in [0.15, 0.2) is 0 Å². The molecule has 5 heteroatoms. The summed E-state index contributed by atoms with van der Waals surface area (Å²) in [6.07, 6.45) is 5.32. The van der Waals surface area contributed by atoms with Crippen LogP contribution in [-0.4, -0.2) is 36.3 Å². The molecular weight excluding hydrogens is 280 g/mol. The minimum atomic E-state index is -0.428. The lowest BCUT2D eigenvalue weighted by atomic mass is 9.86. The number of aromatic nitrogens is 1. The van der Waals surface area contributed by atoms with Crippen LogP contribution in [0, 0.1) is 0 Å². The van der Waals surface area contributed by atoms with Gasteiger partial charge in [-0.05, 0) is 23.8 Å². The van der Waals surface area contributed by atoms with Gasteiger partial charge in [-0.15, -0.1) is 0 Å². The van der Waals surface area contributed by atoms with E-state index >= 15 is 0 Å². The molecule has 0 aromatic carbocycles. The number of nitrogens with one attached hydrogen (secondary N) is 1. The van der Waals surface area contributed by atoms with Crippen molar-refractivity contribution in [3.05, 3.63) is 65.7 Å². The van der Waals surface area contributed by atoms with E-state index < -0.39 is 5.92 Å². The molecule has 1 N–H and O–H groups in total. The number of ether oxygens (including phenoxy) is 2. The topological polar surface area (TPSA) is 63.8 Å². The van der Waals surface area contributed by atoms with Crippen molar-refractivity contribution in [3.63, 3.8) is 0 Å². The normalized spacial score (nSPS) is 29.5. The maximum Gasteiger partial charge on any atom is 0.237 e. The Morgan fingerprint density at radius 1 is 1.41 bits per heavy atom. The van der Waals surface area contributed by atoms with Gasteiger partial charge in [0.1, 0.15) is 18.1 Å². The molecule has 3 aliphatic rings. The quantitative estimate of drug-likeness (QED) is 0.854. The maximum absolute atomic E-state index is 12.4. The molecule has 3 unspecified atom stereocenters. The van der Waals surface area contributed by atoms with Crippen LogP contribution >= 0.6 is 0 Å². The molecule has 4 rings (SSSR count). The van der Waals surface area contributed by atoms with E-state index in [1.807, 2.05) is 30.4 Å². The van der Waals surface area contributed by atoms with Crippen molar-refractivity contribution in [3.8, 4) is 0 Å². The van der Waals surface area contributed by atoms with Crippen molar-refractivity contribution in [2.75, 3.05) is 13.2 Å². The van der Waals surface area contributed by atoms with Gasteiger partial charge in [0.05, 0.1) is 18.9 Å². The third kappa shape index (κ3) is 2.28. The third-order valence-corrected chi connectivity index (χ3v) is 4.06. The van der Waals surface area contributed by atoms with Crippen molar-refractivity contribution in [1.29, 1.82) is 0 Å². The highest BCUT2D eigenvalue weighted by atomic mass is 16.6. The van der Waals surface area contributed by atoms with Crippen molar-refractivity contribution in [2.45, 2.75) is 18.1 Å². The highest BCUT2D eigenvalue weighted by molar-refractivity contribution is 5.93. The van der Waals surface area contributed by atoms with Crippen LogP contribution in [-0.2, 0) is 14.3 Å². The fraction of sp³-hybridized carbons (Fsp3) is 0.294. The van der Waals surface area contributed by atoms with Gasteiger partial charge in [-0.2, -0.15) is 0 Å². The second kappa shape index (κ2) is 5.19. The minimum absolute atomic E-state index is 0.0701. The Labute approximate surface area is 128 Å². The third-order valence-electron chi connectivity index (χ3n) is 4.06. The summed E-state index contributed by atoms with van der Waals surface area (Å²) in [5.41, 5.74) is 3.27. The largest absolute Gasteiger partial charge is 0.371 e. The van der Waals surface area contributed by atoms with E-state index in [1.165, 1.54) is 0 Å². The zero-order valence-electron chi connectivity index (χ0n) is 12.0. The number of hydrogen-bond acceptors (Lipinski definition) is 4. The molecule has 3 atom stereocenters. The lowest BCUT2D eigenvalue weighted by Crippen LogP contribution is -2.26. The van der Waals surface area contributed by atoms with Gasteiger partial charge < -0.3 is 14.8 Å². The van der Waals surface area contributed by atoms with Gasteiger partial charge in [0.2, 0.25) is 5.91 Å². The Hall–Kier alpha value is -2.24. The van der Waals surface area contributed by atoms with Gasteiger partial charge in [0, 0.05) is 17.5 Å². The van der Waals surface area contributed by atoms with Crippen molar-refractivity contribution >= 4 is 5.91 Å². The second-order valence-corrected chi connectivity index (χ2v) is 5.62. The molecule has 0 saturated carbocycles. The average molecular weight is 296 g/mol. The number of hydrogen-bond donors (Lipinski definition) is 1. The zero-order chi connectivity index (χ0) is 15.1. The zero-order valence-corrected chi connectivity index (χ0v) is 12.0. The lowest BCUT2D eigenvalue weighted by molar-refractivity contribution is -0.120. The number of nitrogens with zero attached hydrogens (tertiary/aromatic N) is 1. The molecule has 3 heterocycles. The predicted octanol–water partition coefficient (Wildman–Crippen LogP) is 1.46. The van der Waals surface area contributed by atoms with Crippen LogP contribution in [0.3, 0.4) is 0 Å². The van der Waals surface area contributed by atoms with Gasteiger partial charge in [0.25, 0.3) is 0 Å². The molecule has 1 amide bonds. The summed E-state index contributed by atoms with van der Waals surface area (Å²) in [6.45, 7) is 5.31. The Morgan fingerprint density at radius 2 is 2.27 bits per heavy atom. The van der Waals surface area contributed by atoms with Crippen LogP contribution in [0.5, 0.6) is 0 Å². The molecule has 1 aromatic heterocycles. The molecule has 1 saturated heterocycles. The molecule has 1 aliphatic carbocycles.